The summed E-state index contributed by atoms with van der Waals surface area (Å²) >= 11 is 0. The first-order valence-electron chi connectivity index (χ1n) is 18.6. The van der Waals surface area contributed by atoms with E-state index in [4.69, 9.17) is 14.4 Å². The molecule has 7 aromatic carbocycles. The monoisotopic (exact) mass is 704 g/mol. The maximum Gasteiger partial charge on any atom is 0.161 e. The van der Waals surface area contributed by atoms with Gasteiger partial charge in [-0.15, -0.1) is 0 Å². The number of fused-ring (bicyclic) bond motifs is 10. The Kier molecular flexibility index (Phi) is 6.59. The van der Waals surface area contributed by atoms with Gasteiger partial charge in [0.2, 0.25) is 0 Å². The fourth-order valence-electron chi connectivity index (χ4n) is 8.97. The highest BCUT2D eigenvalue weighted by Gasteiger charge is 2.38. The van der Waals surface area contributed by atoms with Crippen LogP contribution in [0.2, 0.25) is 0 Å². The highest BCUT2D eigenvalue weighted by Crippen LogP contribution is 2.53. The van der Waals surface area contributed by atoms with E-state index in [0.717, 1.165) is 49.8 Å². The lowest BCUT2D eigenvalue weighted by Gasteiger charge is -2.21. The first-order chi connectivity index (χ1) is 27.0. The van der Waals surface area contributed by atoms with E-state index >= 15 is 0 Å². The fraction of sp³-hybridized carbons (Fsp3) is 0.0600. The standard InChI is InChI=1S/C50H32N4O/c1-50(2)38-22-12-9-20-34(38)44-39(50)27-25-33-32-19-10-13-23-40(32)54(47(33)44)41-28-26-36(43-35-21-11-14-24-42(35)55-48(41)43)49-52-45(30-15-5-3-6-16-30)37(29-51)46(53-49)31-17-7-4-8-18-31/h3-28H,1-2H3. The van der Waals surface area contributed by atoms with Gasteiger partial charge >= 0.3 is 0 Å². The van der Waals surface area contributed by atoms with E-state index in [1.165, 1.54) is 38.5 Å². The minimum Gasteiger partial charge on any atom is -0.454 e. The van der Waals surface area contributed by atoms with E-state index in [9.17, 15) is 5.26 Å². The number of nitrogens with zero attached hydrogens (tertiary/aromatic N) is 4. The molecule has 10 aromatic rings. The zero-order valence-corrected chi connectivity index (χ0v) is 30.2. The molecule has 5 heteroatoms. The van der Waals surface area contributed by atoms with E-state index < -0.39 is 0 Å². The van der Waals surface area contributed by atoms with Crippen molar-refractivity contribution >= 4 is 43.7 Å². The summed E-state index contributed by atoms with van der Waals surface area (Å²) in [5, 5.41) is 14.9. The molecule has 55 heavy (non-hydrogen) atoms. The van der Waals surface area contributed by atoms with Crippen LogP contribution in [0.25, 0.3) is 94.5 Å². The quantitative estimate of drug-likeness (QED) is 0.183. The summed E-state index contributed by atoms with van der Waals surface area (Å²) in [4.78, 5) is 10.4. The van der Waals surface area contributed by atoms with Gasteiger partial charge in [0.25, 0.3) is 0 Å². The smallest absolute Gasteiger partial charge is 0.161 e. The Labute approximate surface area is 317 Å². The molecule has 1 aliphatic carbocycles. The normalized spacial score (nSPS) is 13.0. The number of para-hydroxylation sites is 2. The minimum atomic E-state index is -0.153. The van der Waals surface area contributed by atoms with Crippen molar-refractivity contribution in [2.45, 2.75) is 19.3 Å². The average Bonchev–Trinajstić information content (AvgIpc) is 3.87. The highest BCUT2D eigenvalue weighted by atomic mass is 16.3. The van der Waals surface area contributed by atoms with Crippen LogP contribution in [0.3, 0.4) is 0 Å². The molecule has 0 radical (unpaired) electrons. The molecule has 0 saturated carbocycles. The van der Waals surface area contributed by atoms with Crippen molar-refractivity contribution in [1.82, 2.24) is 14.5 Å². The molecule has 0 fully saturated rings. The third-order valence-corrected chi connectivity index (χ3v) is 11.5. The van der Waals surface area contributed by atoms with Crippen LogP contribution >= 0.6 is 0 Å². The molecule has 0 unspecified atom stereocenters. The van der Waals surface area contributed by atoms with Crippen molar-refractivity contribution in [3.05, 3.63) is 174 Å². The van der Waals surface area contributed by atoms with E-state index in [0.29, 0.717) is 22.8 Å². The number of hydrogen-bond acceptors (Lipinski definition) is 4. The maximum absolute atomic E-state index is 10.6. The molecule has 3 aromatic heterocycles. The van der Waals surface area contributed by atoms with Crippen molar-refractivity contribution < 1.29 is 4.42 Å². The predicted octanol–water partition coefficient (Wildman–Crippen LogP) is 12.7. The number of furan rings is 1. The lowest BCUT2D eigenvalue weighted by molar-refractivity contribution is 0.660. The molecule has 0 N–H and O–H groups in total. The molecule has 0 atom stereocenters. The van der Waals surface area contributed by atoms with E-state index in [2.05, 4.69) is 103 Å². The van der Waals surface area contributed by atoms with Crippen LogP contribution in [0.5, 0.6) is 0 Å². The molecule has 5 nitrogen and oxygen atoms in total. The van der Waals surface area contributed by atoms with Crippen LogP contribution < -0.4 is 0 Å². The molecule has 11 rings (SSSR count). The van der Waals surface area contributed by atoms with E-state index in [-0.39, 0.29) is 5.41 Å². The van der Waals surface area contributed by atoms with Gasteiger partial charge in [0.15, 0.2) is 11.4 Å². The molecule has 258 valence electrons. The van der Waals surface area contributed by atoms with Gasteiger partial charge in [-0.3, -0.25) is 0 Å². The lowest BCUT2D eigenvalue weighted by atomic mass is 9.82. The molecule has 0 aliphatic heterocycles. The van der Waals surface area contributed by atoms with Gasteiger partial charge in [-0.1, -0.05) is 147 Å². The van der Waals surface area contributed by atoms with E-state index in [1.54, 1.807) is 0 Å². The molecule has 0 amide bonds. The van der Waals surface area contributed by atoms with Crippen molar-refractivity contribution in [2.24, 2.45) is 0 Å². The molecule has 1 aliphatic rings. The van der Waals surface area contributed by atoms with Gasteiger partial charge in [-0.05, 0) is 41.0 Å². The Morgan fingerprint density at radius 3 is 1.95 bits per heavy atom. The zero-order valence-electron chi connectivity index (χ0n) is 30.2. The molecule has 3 heterocycles. The Balaban J connectivity index is 1.26. The SMILES string of the molecule is CC1(C)c2ccccc2-c2c1ccc1c3ccccc3n(-c3ccc(-c4nc(-c5ccccc5)c(C#N)c(-c5ccccc5)n4)c4c3oc3ccccc34)c21. The van der Waals surface area contributed by atoms with Crippen LogP contribution in [-0.4, -0.2) is 14.5 Å². The maximum atomic E-state index is 10.6. The number of rotatable bonds is 4. The number of benzene rings is 7. The second kappa shape index (κ2) is 11.6. The van der Waals surface area contributed by atoms with E-state index in [1.807, 2.05) is 78.9 Å². The Bertz CT molecular complexity index is 3180. The largest absolute Gasteiger partial charge is 0.454 e. The van der Waals surface area contributed by atoms with Gasteiger partial charge in [0.05, 0.1) is 28.1 Å². The summed E-state index contributed by atoms with van der Waals surface area (Å²) in [6.45, 7) is 4.65. The lowest BCUT2D eigenvalue weighted by Crippen LogP contribution is -2.14. The van der Waals surface area contributed by atoms with Crippen LogP contribution in [0.1, 0.15) is 30.5 Å². The minimum absolute atomic E-state index is 0.153. The van der Waals surface area contributed by atoms with Crippen LogP contribution in [0.15, 0.2) is 162 Å². The first-order valence-corrected chi connectivity index (χ1v) is 18.6. The predicted molar refractivity (Wildman–Crippen MR) is 222 cm³/mol. The van der Waals surface area contributed by atoms with Gasteiger partial charge in [-0.2, -0.15) is 5.26 Å². The van der Waals surface area contributed by atoms with Crippen molar-refractivity contribution in [2.75, 3.05) is 0 Å². The van der Waals surface area contributed by atoms with Crippen LogP contribution in [-0.2, 0) is 5.41 Å². The second-order valence-corrected chi connectivity index (χ2v) is 14.8. The van der Waals surface area contributed by atoms with Gasteiger partial charge in [-0.25, -0.2) is 9.97 Å². The summed E-state index contributed by atoms with van der Waals surface area (Å²) < 4.78 is 9.35. The third-order valence-electron chi connectivity index (χ3n) is 11.5. The first kappa shape index (κ1) is 31.3. The van der Waals surface area contributed by atoms with Gasteiger partial charge in [0, 0.05) is 49.2 Å². The van der Waals surface area contributed by atoms with Crippen LogP contribution in [0.4, 0.5) is 0 Å². The summed E-state index contributed by atoms with van der Waals surface area (Å²) in [5.74, 6) is 0.526. The number of nitriles is 1. The third kappa shape index (κ3) is 4.40. The zero-order chi connectivity index (χ0) is 36.8. The van der Waals surface area contributed by atoms with Crippen LogP contribution in [0, 0.1) is 11.3 Å². The summed E-state index contributed by atoms with van der Waals surface area (Å²) in [6, 6.07) is 56.8. The molecule has 0 bridgehead atoms. The van der Waals surface area contributed by atoms with Gasteiger partial charge < -0.3 is 8.98 Å². The fourth-order valence-corrected chi connectivity index (χ4v) is 8.97. The van der Waals surface area contributed by atoms with Crippen molar-refractivity contribution in [3.8, 4) is 56.8 Å². The number of hydrogen-bond donors (Lipinski definition) is 0. The molecule has 0 saturated heterocycles. The summed E-state index contributed by atoms with van der Waals surface area (Å²) in [6.07, 6.45) is 0. The van der Waals surface area contributed by atoms with Crippen molar-refractivity contribution in [1.29, 1.82) is 5.26 Å². The highest BCUT2D eigenvalue weighted by molar-refractivity contribution is 6.19. The summed E-state index contributed by atoms with van der Waals surface area (Å²) in [5.41, 5.74) is 13.9. The number of aromatic nitrogens is 3. The summed E-state index contributed by atoms with van der Waals surface area (Å²) in [7, 11) is 0. The van der Waals surface area contributed by atoms with Crippen molar-refractivity contribution in [3.63, 3.8) is 0 Å². The Morgan fingerprint density at radius 2 is 1.22 bits per heavy atom. The molecule has 0 spiro atoms. The topological polar surface area (TPSA) is 67.6 Å². The Hall–Kier alpha value is -7.29. The Morgan fingerprint density at radius 1 is 0.582 bits per heavy atom. The van der Waals surface area contributed by atoms with Gasteiger partial charge in [0.1, 0.15) is 17.2 Å². The molecular formula is C50H32N4O. The molecular weight excluding hydrogens is 673 g/mol. The average molecular weight is 705 g/mol. The second-order valence-electron chi connectivity index (χ2n) is 14.8.